The molecule has 0 radical (unpaired) electrons. The molecule has 1 amide bonds. The predicted octanol–water partition coefficient (Wildman–Crippen LogP) is 2.44. The molecule has 0 bridgehead atoms. The van der Waals surface area contributed by atoms with E-state index in [0.29, 0.717) is 33.9 Å². The normalized spacial score (nSPS) is 10.8. The third kappa shape index (κ3) is 4.86. The summed E-state index contributed by atoms with van der Waals surface area (Å²) in [5, 5.41) is 3.53. The van der Waals surface area contributed by atoms with E-state index >= 15 is 0 Å². The maximum Gasteiger partial charge on any atom is 0.337 e. The predicted molar refractivity (Wildman–Crippen MR) is 109 cm³/mol. The number of furan rings is 1. The molecule has 0 aliphatic rings. The van der Waals surface area contributed by atoms with Crippen molar-refractivity contribution in [2.75, 3.05) is 19.4 Å². The molecule has 152 valence electrons. The van der Waals surface area contributed by atoms with E-state index in [1.54, 1.807) is 18.2 Å². The first kappa shape index (κ1) is 20.7. The number of thioether (sulfide) groups is 1. The van der Waals surface area contributed by atoms with Crippen LogP contribution in [0, 0.1) is 0 Å². The van der Waals surface area contributed by atoms with Crippen molar-refractivity contribution in [2.24, 2.45) is 0 Å². The number of rotatable bonds is 8. The van der Waals surface area contributed by atoms with Crippen molar-refractivity contribution in [3.8, 4) is 0 Å². The zero-order valence-corrected chi connectivity index (χ0v) is 17.0. The van der Waals surface area contributed by atoms with Crippen LogP contribution in [0.1, 0.15) is 29.5 Å². The Kier molecular flexibility index (Phi) is 6.71. The summed E-state index contributed by atoms with van der Waals surface area (Å²) < 4.78 is 11.6. The molecule has 8 nitrogen and oxygen atoms in total. The molecule has 3 rings (SSSR count). The van der Waals surface area contributed by atoms with Crippen molar-refractivity contribution in [1.29, 1.82) is 0 Å². The van der Waals surface area contributed by atoms with Crippen molar-refractivity contribution < 1.29 is 18.7 Å². The highest BCUT2D eigenvalue weighted by Crippen LogP contribution is 2.20. The van der Waals surface area contributed by atoms with Gasteiger partial charge in [-0.15, -0.1) is 0 Å². The van der Waals surface area contributed by atoms with Crippen LogP contribution in [-0.2, 0) is 16.1 Å². The first-order valence-corrected chi connectivity index (χ1v) is 10.1. The molecule has 0 fully saturated rings. The van der Waals surface area contributed by atoms with Gasteiger partial charge in [0, 0.05) is 6.54 Å². The lowest BCUT2D eigenvalue weighted by Gasteiger charge is -2.12. The van der Waals surface area contributed by atoms with E-state index in [1.165, 1.54) is 30.1 Å². The van der Waals surface area contributed by atoms with Gasteiger partial charge < -0.3 is 14.5 Å². The summed E-state index contributed by atoms with van der Waals surface area (Å²) in [5.41, 5.74) is 0.386. The molecule has 0 unspecified atom stereocenters. The molecule has 2 heterocycles. The monoisotopic (exact) mass is 415 g/mol. The van der Waals surface area contributed by atoms with Crippen LogP contribution < -0.4 is 10.9 Å². The van der Waals surface area contributed by atoms with Gasteiger partial charge in [-0.1, -0.05) is 18.7 Å². The number of nitrogens with one attached hydrogen (secondary N) is 1. The Morgan fingerprint density at radius 1 is 1.31 bits per heavy atom. The highest BCUT2D eigenvalue weighted by atomic mass is 32.2. The van der Waals surface area contributed by atoms with Gasteiger partial charge in [0.15, 0.2) is 5.16 Å². The smallest absolute Gasteiger partial charge is 0.337 e. The second-order valence-electron chi connectivity index (χ2n) is 6.23. The third-order valence-electron chi connectivity index (χ3n) is 4.14. The molecule has 29 heavy (non-hydrogen) atoms. The summed E-state index contributed by atoms with van der Waals surface area (Å²) in [6.07, 6.45) is 2.37. The molecule has 9 heteroatoms. The lowest BCUT2D eigenvalue weighted by atomic mass is 10.1. The van der Waals surface area contributed by atoms with Crippen molar-refractivity contribution in [3.05, 3.63) is 58.3 Å². The SMILES string of the molecule is CCCNC(=O)CSc1nc2cc(C(=O)OC)ccc2c(=O)n1Cc1ccco1. The van der Waals surface area contributed by atoms with Gasteiger partial charge in [0.1, 0.15) is 5.76 Å². The van der Waals surface area contributed by atoms with Gasteiger partial charge in [-0.2, -0.15) is 0 Å². The van der Waals surface area contributed by atoms with Gasteiger partial charge in [0.25, 0.3) is 5.56 Å². The minimum absolute atomic E-state index is 0.118. The minimum atomic E-state index is -0.512. The lowest BCUT2D eigenvalue weighted by Crippen LogP contribution is -2.27. The number of hydrogen-bond donors (Lipinski definition) is 1. The number of fused-ring (bicyclic) bond motifs is 1. The standard InChI is InChI=1S/C20H21N3O5S/c1-3-8-21-17(24)12-29-20-22-16-10-13(19(26)27-2)6-7-15(16)18(25)23(20)11-14-5-4-9-28-14/h4-7,9-10H,3,8,11-12H2,1-2H3,(H,21,24). The number of aromatic nitrogens is 2. The summed E-state index contributed by atoms with van der Waals surface area (Å²) in [7, 11) is 1.29. The Morgan fingerprint density at radius 3 is 2.83 bits per heavy atom. The number of carbonyl (C=O) groups excluding carboxylic acids is 2. The average Bonchev–Trinajstić information content (AvgIpc) is 3.25. The number of hydrogen-bond acceptors (Lipinski definition) is 7. The van der Waals surface area contributed by atoms with Crippen molar-refractivity contribution >= 4 is 34.5 Å². The van der Waals surface area contributed by atoms with Gasteiger partial charge >= 0.3 is 5.97 Å². The lowest BCUT2D eigenvalue weighted by molar-refractivity contribution is -0.118. The van der Waals surface area contributed by atoms with Crippen LogP contribution >= 0.6 is 11.8 Å². The first-order valence-electron chi connectivity index (χ1n) is 9.08. The number of carbonyl (C=O) groups is 2. The van der Waals surface area contributed by atoms with Gasteiger partial charge in [-0.05, 0) is 36.8 Å². The summed E-state index contributed by atoms with van der Waals surface area (Å²) in [6.45, 7) is 2.75. The van der Waals surface area contributed by atoms with Gasteiger partial charge in [-0.3, -0.25) is 14.2 Å². The zero-order valence-electron chi connectivity index (χ0n) is 16.1. The van der Waals surface area contributed by atoms with Crippen molar-refractivity contribution in [2.45, 2.75) is 25.0 Å². The number of amides is 1. The fourth-order valence-corrected chi connectivity index (χ4v) is 3.53. The number of ether oxygens (including phenoxy) is 1. The Morgan fingerprint density at radius 2 is 2.14 bits per heavy atom. The molecule has 0 spiro atoms. The summed E-state index contributed by atoms with van der Waals surface area (Å²) in [4.78, 5) is 41.5. The van der Waals surface area contributed by atoms with Crippen molar-refractivity contribution in [1.82, 2.24) is 14.9 Å². The van der Waals surface area contributed by atoms with Crippen LogP contribution in [0.4, 0.5) is 0 Å². The van der Waals surface area contributed by atoms with E-state index in [0.717, 1.165) is 18.2 Å². The quantitative estimate of drug-likeness (QED) is 0.342. The van der Waals surface area contributed by atoms with E-state index in [9.17, 15) is 14.4 Å². The highest BCUT2D eigenvalue weighted by Gasteiger charge is 2.16. The number of benzene rings is 1. The van der Waals surface area contributed by atoms with E-state index in [1.807, 2.05) is 6.92 Å². The Hall–Kier alpha value is -3.07. The van der Waals surface area contributed by atoms with Crippen LogP contribution in [0.5, 0.6) is 0 Å². The fourth-order valence-electron chi connectivity index (χ4n) is 2.70. The maximum atomic E-state index is 13.1. The summed E-state index contributed by atoms with van der Waals surface area (Å²) in [6, 6.07) is 8.10. The van der Waals surface area contributed by atoms with Crippen LogP contribution in [-0.4, -0.2) is 40.8 Å². The molecular formula is C20H21N3O5S. The molecular weight excluding hydrogens is 394 g/mol. The maximum absolute atomic E-state index is 13.1. The van der Waals surface area contributed by atoms with Gasteiger partial charge in [-0.25, -0.2) is 9.78 Å². The van der Waals surface area contributed by atoms with Gasteiger partial charge in [0.05, 0.1) is 42.1 Å². The van der Waals surface area contributed by atoms with Crippen molar-refractivity contribution in [3.63, 3.8) is 0 Å². The molecule has 0 saturated heterocycles. The van der Waals surface area contributed by atoms with Gasteiger partial charge in [0.2, 0.25) is 5.91 Å². The molecule has 1 aromatic carbocycles. The summed E-state index contributed by atoms with van der Waals surface area (Å²) in [5.74, 6) is 0.0599. The molecule has 2 aromatic heterocycles. The van der Waals surface area contributed by atoms with Crippen LogP contribution in [0.3, 0.4) is 0 Å². The summed E-state index contributed by atoms with van der Waals surface area (Å²) >= 11 is 1.16. The number of esters is 1. The Balaban J connectivity index is 2.01. The molecule has 0 aliphatic carbocycles. The molecule has 1 N–H and O–H groups in total. The second kappa shape index (κ2) is 9.42. The minimum Gasteiger partial charge on any atom is -0.467 e. The Labute approximate surface area is 171 Å². The molecule has 0 atom stereocenters. The molecule has 0 saturated carbocycles. The van der Waals surface area contributed by atoms with E-state index in [2.05, 4.69) is 10.3 Å². The van der Waals surface area contributed by atoms with Crippen LogP contribution in [0.25, 0.3) is 10.9 Å². The number of methoxy groups -OCH3 is 1. The fraction of sp³-hybridized carbons (Fsp3) is 0.300. The first-order chi connectivity index (χ1) is 14.0. The largest absolute Gasteiger partial charge is 0.467 e. The van der Waals surface area contributed by atoms with E-state index in [4.69, 9.17) is 9.15 Å². The third-order valence-corrected chi connectivity index (χ3v) is 5.12. The second-order valence-corrected chi connectivity index (χ2v) is 7.17. The highest BCUT2D eigenvalue weighted by molar-refractivity contribution is 7.99. The average molecular weight is 415 g/mol. The zero-order chi connectivity index (χ0) is 20.8. The molecule has 0 aliphatic heterocycles. The van der Waals surface area contributed by atoms with Crippen LogP contribution in [0.2, 0.25) is 0 Å². The molecule has 3 aromatic rings. The van der Waals surface area contributed by atoms with E-state index in [-0.39, 0.29) is 23.8 Å². The topological polar surface area (TPSA) is 103 Å². The number of nitrogens with zero attached hydrogens (tertiary/aromatic N) is 2. The van der Waals surface area contributed by atoms with Crippen LogP contribution in [0.15, 0.2) is 51.0 Å². The Bertz CT molecular complexity index is 1080. The van der Waals surface area contributed by atoms with E-state index < -0.39 is 5.97 Å².